The van der Waals surface area contributed by atoms with E-state index in [1.807, 2.05) is 28.9 Å². The number of thiophene rings is 2. The van der Waals surface area contributed by atoms with Crippen molar-refractivity contribution in [2.45, 2.75) is 0 Å². The number of hydrogen-bond donors (Lipinski definition) is 0. The monoisotopic (exact) mass is 456 g/mol. The largest absolute Gasteiger partial charge is 0.293 e. The molecule has 4 aromatic carbocycles. The summed E-state index contributed by atoms with van der Waals surface area (Å²) in [7, 11) is 0. The van der Waals surface area contributed by atoms with Crippen LogP contribution in [0.2, 0.25) is 0 Å². The number of aromatic nitrogens is 2. The molecule has 0 N–H and O–H groups in total. The molecule has 0 bridgehead atoms. The molecule has 0 saturated heterocycles. The Kier molecular flexibility index (Phi) is 3.45. The van der Waals surface area contributed by atoms with Gasteiger partial charge in [0.25, 0.3) is 0 Å². The Bertz CT molecular complexity index is 1980. The zero-order valence-electron chi connectivity index (χ0n) is 17.4. The number of benzene rings is 4. The molecule has 154 valence electrons. The summed E-state index contributed by atoms with van der Waals surface area (Å²) < 4.78 is 7.58. The van der Waals surface area contributed by atoms with E-state index in [1.54, 1.807) is 0 Å². The lowest BCUT2D eigenvalue weighted by Gasteiger charge is -2.08. The SMILES string of the molecule is c1ccc2c(c1)sc1ccc3sc4c(-n5c6ccccc6c6ccccc65)nccc4c3c12. The Hall–Kier alpha value is -3.73. The first-order valence-electron chi connectivity index (χ1n) is 11.0. The molecule has 8 aromatic rings. The maximum absolute atomic E-state index is 4.95. The fraction of sp³-hybridized carbons (Fsp3) is 0. The number of nitrogens with zero attached hydrogens (tertiary/aromatic N) is 2. The molecule has 0 unspecified atom stereocenters. The van der Waals surface area contributed by atoms with Crippen molar-refractivity contribution in [3.8, 4) is 5.82 Å². The standard InChI is InChI=1S/C29H16N2S2/c1-4-10-21-17(7-1)18-8-2-5-11-22(18)31(21)29-28-20(15-16-30-29)27-25(33-28)14-13-24-26(27)19-9-3-6-12-23(19)32-24/h1-16H. The fourth-order valence-electron chi connectivity index (χ4n) is 5.30. The van der Waals surface area contributed by atoms with Crippen LogP contribution in [0, 0.1) is 0 Å². The molecule has 0 aliphatic heterocycles. The van der Waals surface area contributed by atoms with Gasteiger partial charge in [-0.05, 0) is 36.4 Å². The first kappa shape index (κ1) is 17.8. The molecule has 0 aliphatic rings. The van der Waals surface area contributed by atoms with Crippen LogP contribution in [0.15, 0.2) is 97.2 Å². The van der Waals surface area contributed by atoms with E-state index in [2.05, 4.69) is 95.6 Å². The van der Waals surface area contributed by atoms with E-state index in [-0.39, 0.29) is 0 Å². The number of pyridine rings is 1. The van der Waals surface area contributed by atoms with Gasteiger partial charge in [0, 0.05) is 52.6 Å². The van der Waals surface area contributed by atoms with Crippen LogP contribution in [0.4, 0.5) is 0 Å². The zero-order valence-corrected chi connectivity index (χ0v) is 19.1. The van der Waals surface area contributed by atoms with Gasteiger partial charge in [-0.15, -0.1) is 22.7 Å². The summed E-state index contributed by atoms with van der Waals surface area (Å²) in [5.74, 6) is 1.01. The highest BCUT2D eigenvalue weighted by atomic mass is 32.1. The van der Waals surface area contributed by atoms with Gasteiger partial charge in [0.05, 0.1) is 15.7 Å². The Morgan fingerprint density at radius 2 is 1.12 bits per heavy atom. The predicted octanol–water partition coefficient (Wildman–Crippen LogP) is 8.91. The molecule has 0 fully saturated rings. The number of rotatable bonds is 1. The van der Waals surface area contributed by atoms with Crippen molar-refractivity contribution >= 4 is 84.8 Å². The van der Waals surface area contributed by atoms with E-state index in [0.717, 1.165) is 5.82 Å². The van der Waals surface area contributed by atoms with Crippen LogP contribution in [-0.4, -0.2) is 9.55 Å². The molecule has 0 saturated carbocycles. The topological polar surface area (TPSA) is 17.8 Å². The lowest BCUT2D eigenvalue weighted by molar-refractivity contribution is 1.11. The molecule has 8 rings (SSSR count). The molecular formula is C29H16N2S2. The second-order valence-electron chi connectivity index (χ2n) is 8.39. The van der Waals surface area contributed by atoms with Crippen LogP contribution >= 0.6 is 22.7 Å². The van der Waals surface area contributed by atoms with Gasteiger partial charge in [0.1, 0.15) is 0 Å². The van der Waals surface area contributed by atoms with E-state index < -0.39 is 0 Å². The normalized spacial score (nSPS) is 12.2. The van der Waals surface area contributed by atoms with Crippen molar-refractivity contribution in [1.82, 2.24) is 9.55 Å². The summed E-state index contributed by atoms with van der Waals surface area (Å²) in [6, 6.07) is 32.8. The molecule has 4 heteroatoms. The van der Waals surface area contributed by atoms with Crippen molar-refractivity contribution in [3.05, 3.63) is 97.2 Å². The van der Waals surface area contributed by atoms with Gasteiger partial charge in [-0.2, -0.15) is 0 Å². The lowest BCUT2D eigenvalue weighted by atomic mass is 10.1. The third kappa shape index (κ3) is 2.29. The third-order valence-electron chi connectivity index (χ3n) is 6.66. The summed E-state index contributed by atoms with van der Waals surface area (Å²) in [6.07, 6.45) is 1.97. The highest BCUT2D eigenvalue weighted by Gasteiger charge is 2.19. The van der Waals surface area contributed by atoms with Gasteiger partial charge in [-0.1, -0.05) is 54.6 Å². The van der Waals surface area contributed by atoms with E-state index in [0.29, 0.717) is 0 Å². The van der Waals surface area contributed by atoms with Crippen LogP contribution < -0.4 is 0 Å². The molecule has 0 atom stereocenters. The van der Waals surface area contributed by atoms with Gasteiger partial charge < -0.3 is 0 Å². The molecule has 2 nitrogen and oxygen atoms in total. The Morgan fingerprint density at radius 1 is 0.515 bits per heavy atom. The maximum atomic E-state index is 4.95. The molecule has 4 aromatic heterocycles. The maximum Gasteiger partial charge on any atom is 0.155 e. The minimum atomic E-state index is 1.01. The van der Waals surface area contributed by atoms with E-state index in [4.69, 9.17) is 4.98 Å². The molecule has 0 aliphatic carbocycles. The summed E-state index contributed by atoms with van der Waals surface area (Å²) >= 11 is 3.73. The minimum Gasteiger partial charge on any atom is -0.293 e. The molecule has 0 amide bonds. The second-order valence-corrected chi connectivity index (χ2v) is 10.5. The Morgan fingerprint density at radius 3 is 1.88 bits per heavy atom. The minimum absolute atomic E-state index is 1.01. The third-order valence-corrected chi connectivity index (χ3v) is 8.97. The second kappa shape index (κ2) is 6.41. The van der Waals surface area contributed by atoms with Crippen molar-refractivity contribution in [2.75, 3.05) is 0 Å². The lowest BCUT2D eigenvalue weighted by Crippen LogP contribution is -1.96. The predicted molar refractivity (Wildman–Crippen MR) is 144 cm³/mol. The van der Waals surface area contributed by atoms with Crippen molar-refractivity contribution in [1.29, 1.82) is 0 Å². The smallest absolute Gasteiger partial charge is 0.155 e. The average Bonchev–Trinajstić information content (AvgIpc) is 3.53. The zero-order chi connectivity index (χ0) is 21.5. The Balaban J connectivity index is 1.57. The highest BCUT2D eigenvalue weighted by Crippen LogP contribution is 2.46. The molecule has 0 radical (unpaired) electrons. The van der Waals surface area contributed by atoms with Gasteiger partial charge in [-0.25, -0.2) is 4.98 Å². The van der Waals surface area contributed by atoms with Crippen molar-refractivity contribution < 1.29 is 0 Å². The molecular weight excluding hydrogens is 440 g/mol. The van der Waals surface area contributed by atoms with Crippen LogP contribution in [0.3, 0.4) is 0 Å². The Labute approximate surface area is 196 Å². The molecule has 0 spiro atoms. The summed E-state index contributed by atoms with van der Waals surface area (Å²) in [5.41, 5.74) is 2.39. The van der Waals surface area contributed by atoms with Crippen molar-refractivity contribution in [2.24, 2.45) is 0 Å². The quantitative estimate of drug-likeness (QED) is 0.241. The summed E-state index contributed by atoms with van der Waals surface area (Å²) in [6.45, 7) is 0. The summed E-state index contributed by atoms with van der Waals surface area (Å²) in [5, 5.41) is 7.89. The van der Waals surface area contributed by atoms with Crippen LogP contribution in [0.1, 0.15) is 0 Å². The molecule has 4 heterocycles. The van der Waals surface area contributed by atoms with Crippen molar-refractivity contribution in [3.63, 3.8) is 0 Å². The first-order valence-corrected chi connectivity index (χ1v) is 12.6. The van der Waals surface area contributed by atoms with E-state index in [9.17, 15) is 0 Å². The average molecular weight is 457 g/mol. The molecule has 33 heavy (non-hydrogen) atoms. The highest BCUT2D eigenvalue weighted by molar-refractivity contribution is 7.28. The summed E-state index contributed by atoms with van der Waals surface area (Å²) in [4.78, 5) is 4.95. The number of hydrogen-bond acceptors (Lipinski definition) is 3. The van der Waals surface area contributed by atoms with Gasteiger partial charge in [-0.3, -0.25) is 4.57 Å². The van der Waals surface area contributed by atoms with Gasteiger partial charge >= 0.3 is 0 Å². The van der Waals surface area contributed by atoms with Gasteiger partial charge in [0.15, 0.2) is 5.82 Å². The fourth-order valence-corrected chi connectivity index (χ4v) is 7.60. The van der Waals surface area contributed by atoms with E-state index >= 15 is 0 Å². The van der Waals surface area contributed by atoms with E-state index in [1.165, 1.54) is 62.2 Å². The van der Waals surface area contributed by atoms with Crippen LogP contribution in [-0.2, 0) is 0 Å². The van der Waals surface area contributed by atoms with Crippen LogP contribution in [0.5, 0.6) is 0 Å². The number of fused-ring (bicyclic) bond motifs is 10. The van der Waals surface area contributed by atoms with Crippen LogP contribution in [0.25, 0.3) is 68.0 Å². The first-order chi connectivity index (χ1) is 16.4. The van der Waals surface area contributed by atoms with Gasteiger partial charge in [0.2, 0.25) is 0 Å². The number of para-hydroxylation sites is 2.